The van der Waals surface area contributed by atoms with Crippen molar-refractivity contribution in [2.75, 3.05) is 13.1 Å². The number of carbonyl (C=O) groups excluding carboxylic acids is 1. The minimum absolute atomic E-state index is 0.0709. The Morgan fingerprint density at radius 3 is 2.53 bits per heavy atom. The highest BCUT2D eigenvalue weighted by molar-refractivity contribution is 5.81. The second kappa shape index (κ2) is 7.48. The molecule has 0 unspecified atom stereocenters. The lowest BCUT2D eigenvalue weighted by Gasteiger charge is -2.32. The summed E-state index contributed by atoms with van der Waals surface area (Å²) >= 11 is 0. The van der Waals surface area contributed by atoms with Gasteiger partial charge in [0.2, 0.25) is 5.91 Å². The summed E-state index contributed by atoms with van der Waals surface area (Å²) < 4.78 is 3.89. The summed E-state index contributed by atoms with van der Waals surface area (Å²) in [5.74, 6) is 1.04. The predicted octanol–water partition coefficient (Wildman–Crippen LogP) is 3.11. The number of nitrogens with one attached hydrogen (secondary N) is 1. The van der Waals surface area contributed by atoms with E-state index < -0.39 is 0 Å². The Hall–Kier alpha value is -3.35. The van der Waals surface area contributed by atoms with Gasteiger partial charge in [-0.2, -0.15) is 0 Å². The zero-order valence-electron chi connectivity index (χ0n) is 17.0. The lowest BCUT2D eigenvalue weighted by atomic mass is 10.0. The molecule has 0 bridgehead atoms. The minimum Gasteiger partial charge on any atom is -0.341 e. The fourth-order valence-corrected chi connectivity index (χ4v) is 4.62. The fraction of sp³-hybridized carbons (Fsp3) is 0.348. The van der Waals surface area contributed by atoms with Crippen LogP contribution in [0.1, 0.15) is 31.6 Å². The molecule has 7 heteroatoms. The Morgan fingerprint density at radius 2 is 1.77 bits per heavy atom. The third-order valence-corrected chi connectivity index (χ3v) is 6.15. The van der Waals surface area contributed by atoms with Gasteiger partial charge in [0.1, 0.15) is 12.4 Å². The van der Waals surface area contributed by atoms with E-state index in [0.717, 1.165) is 47.2 Å². The van der Waals surface area contributed by atoms with E-state index in [1.165, 1.54) is 0 Å². The van der Waals surface area contributed by atoms with Gasteiger partial charge in [-0.1, -0.05) is 31.2 Å². The number of nitrogens with zero attached hydrogens (tertiary/aromatic N) is 4. The average Bonchev–Trinajstić information content (AvgIpc) is 3.30. The molecule has 1 amide bonds. The van der Waals surface area contributed by atoms with E-state index in [-0.39, 0.29) is 17.6 Å². The van der Waals surface area contributed by atoms with Gasteiger partial charge >= 0.3 is 5.69 Å². The normalized spacial score (nSPS) is 15.3. The molecule has 154 valence electrons. The highest BCUT2D eigenvalue weighted by Gasteiger charge is 2.26. The highest BCUT2D eigenvalue weighted by atomic mass is 16.2. The molecular weight excluding hydrogens is 378 g/mol. The van der Waals surface area contributed by atoms with E-state index in [0.29, 0.717) is 19.6 Å². The SMILES string of the molecule is CCc1nc2ccccc2n1CC(=O)N1CCC(n2c(=O)[nH]c3ccccc32)CC1. The van der Waals surface area contributed by atoms with Gasteiger partial charge in [0.25, 0.3) is 0 Å². The van der Waals surface area contributed by atoms with Gasteiger partial charge in [-0.3, -0.25) is 9.36 Å². The van der Waals surface area contributed by atoms with Crippen LogP contribution in [0.3, 0.4) is 0 Å². The van der Waals surface area contributed by atoms with Crippen LogP contribution >= 0.6 is 0 Å². The number of aromatic nitrogens is 4. The van der Waals surface area contributed by atoms with Crippen molar-refractivity contribution < 1.29 is 4.79 Å². The Morgan fingerprint density at radius 1 is 1.07 bits per heavy atom. The summed E-state index contributed by atoms with van der Waals surface area (Å²) in [7, 11) is 0. The third-order valence-electron chi connectivity index (χ3n) is 6.15. The van der Waals surface area contributed by atoms with Crippen LogP contribution in [0, 0.1) is 0 Å². The number of piperidine rings is 1. The zero-order valence-corrected chi connectivity index (χ0v) is 17.0. The number of amides is 1. The maximum atomic E-state index is 13.1. The van der Waals surface area contributed by atoms with Crippen molar-refractivity contribution in [2.45, 2.75) is 38.8 Å². The molecule has 0 aliphatic carbocycles. The van der Waals surface area contributed by atoms with Crippen LogP contribution in [0.15, 0.2) is 53.3 Å². The number of fused-ring (bicyclic) bond motifs is 2. The number of para-hydroxylation sites is 4. The molecular formula is C23H25N5O2. The molecule has 1 aliphatic rings. The lowest BCUT2D eigenvalue weighted by Crippen LogP contribution is -2.42. The molecule has 2 aromatic heterocycles. The first-order valence-corrected chi connectivity index (χ1v) is 10.6. The Bertz CT molecular complexity index is 1270. The number of hydrogen-bond acceptors (Lipinski definition) is 3. The molecule has 1 N–H and O–H groups in total. The van der Waals surface area contributed by atoms with Crippen molar-refractivity contribution >= 4 is 28.0 Å². The maximum absolute atomic E-state index is 13.1. The van der Waals surface area contributed by atoms with Crippen LogP contribution in [0.25, 0.3) is 22.1 Å². The van der Waals surface area contributed by atoms with E-state index >= 15 is 0 Å². The fourth-order valence-electron chi connectivity index (χ4n) is 4.62. The number of aryl methyl sites for hydroxylation is 1. The largest absolute Gasteiger partial charge is 0.341 e. The van der Waals surface area contributed by atoms with E-state index in [2.05, 4.69) is 16.9 Å². The third kappa shape index (κ3) is 3.10. The van der Waals surface area contributed by atoms with Gasteiger partial charge in [-0.25, -0.2) is 9.78 Å². The topological polar surface area (TPSA) is 75.9 Å². The molecule has 1 aliphatic heterocycles. The number of carbonyl (C=O) groups is 1. The number of rotatable bonds is 4. The number of aromatic amines is 1. The first kappa shape index (κ1) is 18.7. The molecule has 0 atom stereocenters. The van der Waals surface area contributed by atoms with Crippen molar-refractivity contribution in [3.8, 4) is 0 Å². The summed E-state index contributed by atoms with van der Waals surface area (Å²) in [5.41, 5.74) is 3.66. The molecule has 30 heavy (non-hydrogen) atoms. The molecule has 1 saturated heterocycles. The Kier molecular flexibility index (Phi) is 4.65. The first-order chi connectivity index (χ1) is 14.7. The Labute approximate surface area is 173 Å². The van der Waals surface area contributed by atoms with Crippen molar-refractivity contribution in [1.82, 2.24) is 24.0 Å². The number of benzene rings is 2. The van der Waals surface area contributed by atoms with Gasteiger partial charge in [-0.15, -0.1) is 0 Å². The van der Waals surface area contributed by atoms with Crippen LogP contribution in [0.2, 0.25) is 0 Å². The number of imidazole rings is 2. The number of likely N-dealkylation sites (tertiary alicyclic amines) is 1. The molecule has 3 heterocycles. The van der Waals surface area contributed by atoms with Crippen LogP contribution < -0.4 is 5.69 Å². The van der Waals surface area contributed by atoms with Gasteiger partial charge in [0.15, 0.2) is 0 Å². The second-order valence-corrected chi connectivity index (χ2v) is 7.89. The average molecular weight is 403 g/mol. The predicted molar refractivity (Wildman–Crippen MR) is 117 cm³/mol. The molecule has 5 rings (SSSR count). The monoisotopic (exact) mass is 403 g/mol. The molecule has 0 saturated carbocycles. The van der Waals surface area contributed by atoms with Crippen LogP contribution in [0.4, 0.5) is 0 Å². The van der Waals surface area contributed by atoms with Crippen molar-refractivity contribution in [1.29, 1.82) is 0 Å². The Balaban J connectivity index is 1.32. The molecule has 0 radical (unpaired) electrons. The van der Waals surface area contributed by atoms with E-state index in [1.54, 1.807) is 0 Å². The molecule has 2 aromatic carbocycles. The van der Waals surface area contributed by atoms with E-state index in [4.69, 9.17) is 0 Å². The summed E-state index contributed by atoms with van der Waals surface area (Å²) in [4.78, 5) is 35.0. The molecule has 4 aromatic rings. The second-order valence-electron chi connectivity index (χ2n) is 7.89. The van der Waals surface area contributed by atoms with Crippen LogP contribution in [-0.2, 0) is 17.8 Å². The quantitative estimate of drug-likeness (QED) is 0.569. The highest BCUT2D eigenvalue weighted by Crippen LogP contribution is 2.25. The van der Waals surface area contributed by atoms with E-state index in [9.17, 15) is 9.59 Å². The van der Waals surface area contributed by atoms with Gasteiger partial charge in [0, 0.05) is 25.6 Å². The van der Waals surface area contributed by atoms with Crippen LogP contribution in [-0.4, -0.2) is 43.0 Å². The van der Waals surface area contributed by atoms with Gasteiger partial charge < -0.3 is 14.5 Å². The number of H-pyrrole nitrogens is 1. The number of hydrogen-bond donors (Lipinski definition) is 1. The smallest absolute Gasteiger partial charge is 0.326 e. The molecule has 7 nitrogen and oxygen atoms in total. The van der Waals surface area contributed by atoms with Gasteiger partial charge in [0.05, 0.1) is 22.1 Å². The van der Waals surface area contributed by atoms with Gasteiger partial charge in [-0.05, 0) is 37.1 Å². The van der Waals surface area contributed by atoms with Crippen molar-refractivity contribution in [2.24, 2.45) is 0 Å². The van der Waals surface area contributed by atoms with E-state index in [1.807, 2.05) is 62.6 Å². The summed E-state index contributed by atoms with van der Waals surface area (Å²) in [5, 5.41) is 0. The zero-order chi connectivity index (χ0) is 20.7. The first-order valence-electron chi connectivity index (χ1n) is 10.6. The summed E-state index contributed by atoms with van der Waals surface area (Å²) in [6.07, 6.45) is 2.34. The summed E-state index contributed by atoms with van der Waals surface area (Å²) in [6, 6.07) is 15.8. The maximum Gasteiger partial charge on any atom is 0.326 e. The molecule has 1 fully saturated rings. The van der Waals surface area contributed by atoms with Crippen molar-refractivity contribution in [3.05, 3.63) is 64.8 Å². The minimum atomic E-state index is -0.0709. The standard InChI is InChI=1S/C23H25N5O2/c1-2-21-24-17-7-3-5-9-19(17)27(21)15-22(29)26-13-11-16(12-14-26)28-20-10-6-4-8-18(20)25-23(28)30/h3-10,16H,2,11-15H2,1H3,(H,25,30). The van der Waals surface area contributed by atoms with Crippen molar-refractivity contribution in [3.63, 3.8) is 0 Å². The summed E-state index contributed by atoms with van der Waals surface area (Å²) in [6.45, 7) is 3.68. The van der Waals surface area contributed by atoms with Crippen LogP contribution in [0.5, 0.6) is 0 Å². The molecule has 0 spiro atoms. The lowest BCUT2D eigenvalue weighted by molar-refractivity contribution is -0.133.